The maximum absolute atomic E-state index is 11.2. The molecule has 7 heteroatoms. The second-order valence-electron chi connectivity index (χ2n) is 2.39. The molecule has 0 aliphatic rings. The maximum atomic E-state index is 11.2. The molecule has 0 saturated heterocycles. The minimum Gasteiger partial charge on any atom is -0.548 e. The van der Waals surface area contributed by atoms with Crippen LogP contribution in [0.5, 0.6) is 0 Å². The molecular weight excluding hydrogens is 181 g/mol. The Balaban J connectivity index is 0.00000169. The van der Waals surface area contributed by atoms with Gasteiger partial charge in [-0.15, -0.1) is 0 Å². The molecule has 0 atom stereocenters. The first-order valence-electron chi connectivity index (χ1n) is 3.57. The van der Waals surface area contributed by atoms with Crippen molar-refractivity contribution in [3.63, 3.8) is 0 Å². The van der Waals surface area contributed by atoms with Crippen molar-refractivity contribution in [2.75, 3.05) is 6.54 Å². The molecule has 0 unspecified atom stereocenters. The van der Waals surface area contributed by atoms with Gasteiger partial charge in [0.25, 0.3) is 5.91 Å². The van der Waals surface area contributed by atoms with Crippen molar-refractivity contribution in [1.82, 2.24) is 15.1 Å². The van der Waals surface area contributed by atoms with Gasteiger partial charge in [0.2, 0.25) is 0 Å². The number of amides is 1. The Labute approximate surface area is 92.5 Å². The van der Waals surface area contributed by atoms with Crippen LogP contribution in [0.25, 0.3) is 0 Å². The molecule has 1 rings (SSSR count). The Kier molecular flexibility index (Phi) is 4.98. The fourth-order valence-electron chi connectivity index (χ4n) is 0.840. The van der Waals surface area contributed by atoms with E-state index in [0.717, 1.165) is 0 Å². The predicted molar refractivity (Wildman–Crippen MR) is 40.5 cm³/mol. The molecule has 0 fully saturated rings. The molecule has 1 aromatic heterocycles. The average Bonchev–Trinajstić information content (AvgIpc) is 2.47. The number of nitrogens with one attached hydrogen (secondary N) is 1. The standard InChI is InChI=1S/C7H9N3O3.Li/c1-10-5(2-3-9-10)7(13)8-4-6(11)12;/h2-3H,4H2,1H3,(H,8,13)(H,11,12);/q;+1/p-1. The summed E-state index contributed by atoms with van der Waals surface area (Å²) in [5, 5.41) is 15.9. The van der Waals surface area contributed by atoms with Crippen molar-refractivity contribution in [3.05, 3.63) is 18.0 Å². The van der Waals surface area contributed by atoms with Crippen LogP contribution in [0.3, 0.4) is 0 Å². The first-order chi connectivity index (χ1) is 6.11. The molecule has 0 spiro atoms. The average molecular weight is 189 g/mol. The van der Waals surface area contributed by atoms with Gasteiger partial charge in [-0.3, -0.25) is 9.48 Å². The van der Waals surface area contributed by atoms with Gasteiger partial charge in [0.15, 0.2) is 0 Å². The number of hydrogen-bond acceptors (Lipinski definition) is 4. The van der Waals surface area contributed by atoms with Crippen LogP contribution >= 0.6 is 0 Å². The normalized spacial score (nSPS) is 8.93. The number of rotatable bonds is 3. The van der Waals surface area contributed by atoms with E-state index in [4.69, 9.17) is 0 Å². The maximum Gasteiger partial charge on any atom is 1.00 e. The zero-order chi connectivity index (χ0) is 9.84. The van der Waals surface area contributed by atoms with E-state index < -0.39 is 18.4 Å². The van der Waals surface area contributed by atoms with Crippen molar-refractivity contribution >= 4 is 11.9 Å². The number of hydrogen-bond donors (Lipinski definition) is 1. The SMILES string of the molecule is Cn1nccc1C(=O)NCC(=O)[O-].[Li+]. The van der Waals surface area contributed by atoms with Crippen LogP contribution in [-0.2, 0) is 11.8 Å². The number of aromatic nitrogens is 2. The minimum atomic E-state index is -1.32. The Morgan fingerprint density at radius 2 is 2.29 bits per heavy atom. The van der Waals surface area contributed by atoms with E-state index in [9.17, 15) is 14.7 Å². The Morgan fingerprint density at radius 3 is 2.71 bits per heavy atom. The van der Waals surface area contributed by atoms with Crippen molar-refractivity contribution in [2.24, 2.45) is 7.05 Å². The molecular formula is C7H8LiN3O3. The second kappa shape index (κ2) is 5.47. The van der Waals surface area contributed by atoms with Gasteiger partial charge < -0.3 is 15.2 Å². The van der Waals surface area contributed by atoms with Crippen molar-refractivity contribution < 1.29 is 33.6 Å². The third-order valence-corrected chi connectivity index (χ3v) is 1.45. The summed E-state index contributed by atoms with van der Waals surface area (Å²) >= 11 is 0. The number of carboxylic acids is 1. The molecule has 0 saturated carbocycles. The summed E-state index contributed by atoms with van der Waals surface area (Å²) in [7, 11) is 1.59. The van der Waals surface area contributed by atoms with Gasteiger partial charge in [0, 0.05) is 13.2 Å². The van der Waals surface area contributed by atoms with E-state index in [0.29, 0.717) is 5.69 Å². The first-order valence-corrected chi connectivity index (χ1v) is 3.57. The molecule has 1 aromatic rings. The fourth-order valence-corrected chi connectivity index (χ4v) is 0.840. The molecule has 0 aliphatic heterocycles. The van der Waals surface area contributed by atoms with Crippen LogP contribution in [0.4, 0.5) is 0 Å². The van der Waals surface area contributed by atoms with Crippen LogP contribution in [0.2, 0.25) is 0 Å². The van der Waals surface area contributed by atoms with E-state index in [1.807, 2.05) is 0 Å². The third-order valence-electron chi connectivity index (χ3n) is 1.45. The topological polar surface area (TPSA) is 87.0 Å². The number of carboxylic acid groups (broad SMARTS) is 1. The summed E-state index contributed by atoms with van der Waals surface area (Å²) in [5.41, 5.74) is 0.307. The molecule has 1 heterocycles. The van der Waals surface area contributed by atoms with Crippen molar-refractivity contribution in [2.45, 2.75) is 0 Å². The van der Waals surface area contributed by atoms with Gasteiger partial charge in [-0.2, -0.15) is 5.10 Å². The molecule has 6 nitrogen and oxygen atoms in total. The molecule has 1 amide bonds. The van der Waals surface area contributed by atoms with Gasteiger partial charge in [-0.05, 0) is 6.07 Å². The molecule has 0 bridgehead atoms. The molecule has 1 N–H and O–H groups in total. The van der Waals surface area contributed by atoms with E-state index in [1.54, 1.807) is 7.05 Å². The Hall–Kier alpha value is -1.25. The molecule has 14 heavy (non-hydrogen) atoms. The van der Waals surface area contributed by atoms with Crippen LogP contribution in [0.1, 0.15) is 10.5 Å². The van der Waals surface area contributed by atoms with Crippen molar-refractivity contribution in [1.29, 1.82) is 0 Å². The Bertz CT molecular complexity index is 337. The summed E-state index contributed by atoms with van der Waals surface area (Å²) < 4.78 is 1.35. The van der Waals surface area contributed by atoms with Crippen LogP contribution in [0, 0.1) is 0 Å². The first kappa shape index (κ1) is 12.7. The minimum absolute atomic E-state index is 0. The zero-order valence-electron chi connectivity index (χ0n) is 7.98. The summed E-state index contributed by atoms with van der Waals surface area (Å²) in [6.45, 7) is -0.496. The van der Waals surface area contributed by atoms with E-state index >= 15 is 0 Å². The largest absolute Gasteiger partial charge is 1.00 e. The summed E-state index contributed by atoms with van der Waals surface area (Å²) in [6.07, 6.45) is 1.45. The van der Waals surface area contributed by atoms with E-state index in [2.05, 4.69) is 10.4 Å². The fraction of sp³-hybridized carbons (Fsp3) is 0.286. The monoisotopic (exact) mass is 189 g/mol. The van der Waals surface area contributed by atoms with Crippen LogP contribution in [0.15, 0.2) is 12.3 Å². The molecule has 70 valence electrons. The van der Waals surface area contributed by atoms with Gasteiger partial charge in [-0.1, -0.05) is 0 Å². The molecule has 0 radical (unpaired) electrons. The Morgan fingerprint density at radius 1 is 1.64 bits per heavy atom. The number of carbonyl (C=O) groups excluding carboxylic acids is 2. The van der Waals surface area contributed by atoms with Crippen LogP contribution < -0.4 is 29.3 Å². The van der Waals surface area contributed by atoms with Crippen LogP contribution in [-0.4, -0.2) is 28.2 Å². The summed E-state index contributed by atoms with van der Waals surface area (Å²) in [5.74, 6) is -1.81. The van der Waals surface area contributed by atoms with Gasteiger partial charge in [0.1, 0.15) is 5.69 Å². The number of aryl methyl sites for hydroxylation is 1. The summed E-state index contributed by atoms with van der Waals surface area (Å²) in [4.78, 5) is 21.2. The number of nitrogens with zero attached hydrogens (tertiary/aromatic N) is 2. The zero-order valence-corrected chi connectivity index (χ0v) is 7.98. The van der Waals surface area contributed by atoms with Crippen molar-refractivity contribution in [3.8, 4) is 0 Å². The predicted octanol–water partition coefficient (Wildman–Crippen LogP) is -5.10. The van der Waals surface area contributed by atoms with Gasteiger partial charge in [-0.25, -0.2) is 0 Å². The van der Waals surface area contributed by atoms with E-state index in [-0.39, 0.29) is 18.9 Å². The third kappa shape index (κ3) is 3.24. The molecule has 0 aromatic carbocycles. The smallest absolute Gasteiger partial charge is 0.548 e. The summed E-state index contributed by atoms with van der Waals surface area (Å²) in [6, 6.07) is 1.49. The van der Waals surface area contributed by atoms with Gasteiger partial charge >= 0.3 is 18.9 Å². The second-order valence-corrected chi connectivity index (χ2v) is 2.39. The van der Waals surface area contributed by atoms with E-state index in [1.165, 1.54) is 16.9 Å². The molecule has 0 aliphatic carbocycles. The van der Waals surface area contributed by atoms with Gasteiger partial charge in [0.05, 0.1) is 12.5 Å². The number of aliphatic carboxylic acids is 1. The quantitative estimate of drug-likeness (QED) is 0.482. The number of carbonyl (C=O) groups is 2.